The second-order valence-corrected chi connectivity index (χ2v) is 13.5. The van der Waals surface area contributed by atoms with E-state index in [-0.39, 0.29) is 25.3 Å². The summed E-state index contributed by atoms with van der Waals surface area (Å²) < 4.78 is 0. The Morgan fingerprint density at radius 2 is 1.57 bits per heavy atom. The molecule has 0 aliphatic heterocycles. The first-order valence-corrected chi connectivity index (χ1v) is 17.0. The van der Waals surface area contributed by atoms with Gasteiger partial charge >= 0.3 is 0 Å². The van der Waals surface area contributed by atoms with Crippen LogP contribution in [0.3, 0.4) is 0 Å². The van der Waals surface area contributed by atoms with Crippen LogP contribution in [-0.2, 0) is 32.8 Å². The summed E-state index contributed by atoms with van der Waals surface area (Å²) in [5.74, 6) is -2.32. The number of carbonyl (C=O) groups is 3. The first-order valence-electron chi connectivity index (χ1n) is 14.3. The van der Waals surface area contributed by atoms with Crippen molar-refractivity contribution in [2.45, 2.75) is 36.8 Å². The summed E-state index contributed by atoms with van der Waals surface area (Å²) in [6.07, 6.45) is -0.678. The van der Waals surface area contributed by atoms with Crippen LogP contribution < -0.4 is 33.6 Å². The molecule has 47 heavy (non-hydrogen) atoms. The van der Waals surface area contributed by atoms with Gasteiger partial charge in [0.05, 0.1) is 41.6 Å². The number of nitrogens with zero attached hydrogens (tertiary/aromatic N) is 3. The fraction of sp³-hybridized carbons (Fsp3) is 0.226. The van der Waals surface area contributed by atoms with Crippen LogP contribution in [0.4, 0.5) is 16.0 Å². The fourth-order valence-corrected chi connectivity index (χ4v) is 7.32. The molecule has 3 atom stereocenters. The molecule has 2 aromatic carbocycles. The molecule has 0 spiro atoms. The minimum absolute atomic E-state index is 0.0242. The average molecular weight is 692 g/mol. The molecule has 5 aromatic rings. The van der Waals surface area contributed by atoms with Crippen LogP contribution in [0, 0.1) is 0 Å². The predicted octanol–water partition coefficient (Wildman–Crippen LogP) is 2.66. The zero-order valence-electron chi connectivity index (χ0n) is 25.0. The Bertz CT molecular complexity index is 1840. The van der Waals surface area contributed by atoms with E-state index >= 15 is 0 Å². The number of anilines is 3. The third-order valence-electron chi connectivity index (χ3n) is 7.33. The van der Waals surface area contributed by atoms with Crippen LogP contribution in [0.5, 0.6) is 0 Å². The highest BCUT2D eigenvalue weighted by atomic mass is 32.1. The summed E-state index contributed by atoms with van der Waals surface area (Å²) >= 11 is 3.66. The van der Waals surface area contributed by atoms with Gasteiger partial charge in [-0.2, -0.15) is 0 Å². The molecule has 11 N–H and O–H groups in total. The van der Waals surface area contributed by atoms with E-state index in [1.807, 2.05) is 42.5 Å². The molecule has 0 aliphatic carbocycles. The summed E-state index contributed by atoms with van der Waals surface area (Å²) in [5.41, 5.74) is 25.5. The number of benzene rings is 2. The Labute approximate surface area is 282 Å². The summed E-state index contributed by atoms with van der Waals surface area (Å²) in [4.78, 5) is 50.5. The van der Waals surface area contributed by atoms with Crippen molar-refractivity contribution in [2.24, 2.45) is 11.5 Å². The van der Waals surface area contributed by atoms with E-state index in [0.717, 1.165) is 11.1 Å². The van der Waals surface area contributed by atoms with Crippen molar-refractivity contribution in [3.63, 3.8) is 0 Å². The highest BCUT2D eigenvalue weighted by molar-refractivity contribution is 7.13. The number of primary amides is 2. The van der Waals surface area contributed by atoms with Crippen LogP contribution in [0.25, 0.3) is 0 Å². The van der Waals surface area contributed by atoms with Gasteiger partial charge < -0.3 is 38.7 Å². The first kappa shape index (κ1) is 33.6. The Morgan fingerprint density at radius 3 is 2.19 bits per heavy atom. The number of aromatic nitrogens is 3. The Morgan fingerprint density at radius 1 is 0.872 bits per heavy atom. The van der Waals surface area contributed by atoms with Gasteiger partial charge in [-0.3, -0.25) is 14.4 Å². The first-order chi connectivity index (χ1) is 22.5. The molecule has 0 fully saturated rings. The van der Waals surface area contributed by atoms with E-state index < -0.39 is 29.4 Å². The summed E-state index contributed by atoms with van der Waals surface area (Å²) in [6, 6.07) is 16.3. The number of nitrogens with two attached hydrogens (primary N) is 4. The number of aliphatic hydroxyl groups excluding tert-OH is 1. The largest absolute Gasteiger partial charge is 0.387 e. The minimum Gasteiger partial charge on any atom is -0.387 e. The Hall–Kier alpha value is -4.74. The molecule has 0 bridgehead atoms. The normalized spacial score (nSPS) is 13.8. The maximum Gasteiger partial charge on any atom is 0.233 e. The summed E-state index contributed by atoms with van der Waals surface area (Å²) in [6.45, 7) is 0.124. The summed E-state index contributed by atoms with van der Waals surface area (Å²) in [5, 5.41) is 23.3. The Balaban J connectivity index is 1.28. The molecular formula is C31H33N9O4S3. The van der Waals surface area contributed by atoms with Crippen LogP contribution in [-0.4, -0.2) is 44.3 Å². The van der Waals surface area contributed by atoms with Crippen molar-refractivity contribution >= 4 is 67.7 Å². The third kappa shape index (κ3) is 8.55. The maximum atomic E-state index is 12.9. The van der Waals surface area contributed by atoms with Crippen LogP contribution in [0.1, 0.15) is 51.7 Å². The number of nitrogen functional groups attached to an aromatic ring is 2. The molecule has 0 aliphatic rings. The van der Waals surface area contributed by atoms with Crippen molar-refractivity contribution in [2.75, 3.05) is 23.3 Å². The highest BCUT2D eigenvalue weighted by Crippen LogP contribution is 2.33. The van der Waals surface area contributed by atoms with Gasteiger partial charge in [-0.15, -0.1) is 34.0 Å². The summed E-state index contributed by atoms with van der Waals surface area (Å²) in [7, 11) is 0. The molecule has 0 saturated heterocycles. The second-order valence-electron chi connectivity index (χ2n) is 10.8. The van der Waals surface area contributed by atoms with E-state index in [1.54, 1.807) is 28.3 Å². The van der Waals surface area contributed by atoms with E-state index in [4.69, 9.17) is 22.9 Å². The zero-order valence-corrected chi connectivity index (χ0v) is 27.4. The molecular weight excluding hydrogens is 659 g/mol. The van der Waals surface area contributed by atoms with Crippen molar-refractivity contribution in [3.8, 4) is 0 Å². The van der Waals surface area contributed by atoms with E-state index in [9.17, 15) is 19.5 Å². The lowest BCUT2D eigenvalue weighted by Crippen LogP contribution is -2.49. The number of amides is 3. The molecule has 5 rings (SSSR count). The van der Waals surface area contributed by atoms with Gasteiger partial charge in [-0.1, -0.05) is 42.5 Å². The van der Waals surface area contributed by atoms with Crippen LogP contribution in [0.15, 0.2) is 70.7 Å². The van der Waals surface area contributed by atoms with Gasteiger partial charge in [0, 0.05) is 28.4 Å². The fourth-order valence-electron chi connectivity index (χ4n) is 5.14. The molecule has 244 valence electrons. The lowest BCUT2D eigenvalue weighted by Gasteiger charge is -2.34. The number of aliphatic hydroxyl groups is 1. The van der Waals surface area contributed by atoms with E-state index in [1.165, 1.54) is 34.0 Å². The lowest BCUT2D eigenvalue weighted by molar-refractivity contribution is -0.120. The smallest absolute Gasteiger partial charge is 0.233 e. The molecule has 3 heterocycles. The zero-order chi connectivity index (χ0) is 33.6. The van der Waals surface area contributed by atoms with Crippen LogP contribution >= 0.6 is 34.0 Å². The second kappa shape index (κ2) is 14.8. The molecule has 3 aromatic heterocycles. The minimum atomic E-state index is -1.06. The van der Waals surface area contributed by atoms with E-state index in [2.05, 4.69) is 25.6 Å². The van der Waals surface area contributed by atoms with Gasteiger partial charge in [-0.25, -0.2) is 15.0 Å². The van der Waals surface area contributed by atoms with Crippen molar-refractivity contribution in [1.82, 2.24) is 20.3 Å². The van der Waals surface area contributed by atoms with Gasteiger partial charge in [0.1, 0.15) is 10.9 Å². The monoisotopic (exact) mass is 691 g/mol. The number of rotatable bonds is 15. The molecule has 13 nitrogen and oxygen atoms in total. The standard InChI is InChI=1S/C31H33N9O4S3/c32-24(42)12-31(23-16-47-30(35)40-23,36-13-22(41)18-4-2-1-3-5-18)11-17-6-8-19(9-7-17)37-25(43)10-20-14-45-28(38-20)26(27(33)44)21-15-46-29(34)39-21/h1-9,14-16,22,26,36,41H,10-13H2,(H2,32,42)(H2,33,44)(H2,34,39)(H2,35,40)(H,37,43)/t22-,26+,31+/m0/s1. The number of thiazole rings is 3. The Kier molecular flexibility index (Phi) is 10.6. The molecule has 3 amide bonds. The van der Waals surface area contributed by atoms with E-state index in [0.29, 0.717) is 44.5 Å². The van der Waals surface area contributed by atoms with Gasteiger partial charge in [0.2, 0.25) is 17.7 Å². The highest BCUT2D eigenvalue weighted by Gasteiger charge is 2.37. The van der Waals surface area contributed by atoms with Crippen molar-refractivity contribution in [3.05, 3.63) is 104 Å². The predicted molar refractivity (Wildman–Crippen MR) is 184 cm³/mol. The molecule has 16 heteroatoms. The van der Waals surface area contributed by atoms with Crippen LogP contribution in [0.2, 0.25) is 0 Å². The number of hydrogen-bond acceptors (Lipinski definition) is 13. The van der Waals surface area contributed by atoms with Gasteiger partial charge in [0.15, 0.2) is 10.3 Å². The van der Waals surface area contributed by atoms with Crippen molar-refractivity contribution < 1.29 is 19.5 Å². The van der Waals surface area contributed by atoms with Crippen molar-refractivity contribution in [1.29, 1.82) is 0 Å². The quantitative estimate of drug-likeness (QED) is 0.0847. The molecule has 0 saturated carbocycles. The van der Waals surface area contributed by atoms with Gasteiger partial charge in [0.25, 0.3) is 0 Å². The number of nitrogens with one attached hydrogen (secondary N) is 2. The average Bonchev–Trinajstić information content (AvgIpc) is 3.79. The topological polar surface area (TPSA) is 238 Å². The SMILES string of the molecule is NC(=O)C[C@@](Cc1ccc(NC(=O)Cc2csc([C@@H](C(N)=O)c3csc(N)n3)n2)cc1)(NC[C@H](O)c1ccccc1)c1csc(N)n1. The molecule has 0 radical (unpaired) electrons. The van der Waals surface area contributed by atoms with Gasteiger partial charge in [-0.05, 0) is 29.7 Å². The maximum absolute atomic E-state index is 12.9. The number of hydrogen-bond donors (Lipinski definition) is 7. The number of carbonyl (C=O) groups excluding carboxylic acids is 3. The third-order valence-corrected chi connectivity index (χ3v) is 9.65. The lowest BCUT2D eigenvalue weighted by atomic mass is 9.84. The molecule has 0 unspecified atom stereocenters.